The molecule has 0 spiro atoms. The Hall–Kier alpha value is -1.35. The summed E-state index contributed by atoms with van der Waals surface area (Å²) in [5.41, 5.74) is 1.76. The van der Waals surface area contributed by atoms with Gasteiger partial charge in [0.2, 0.25) is 0 Å². The summed E-state index contributed by atoms with van der Waals surface area (Å²) < 4.78 is 0. The van der Waals surface area contributed by atoms with E-state index in [0.717, 1.165) is 37.1 Å². The molecule has 1 saturated heterocycles. The zero-order valence-electron chi connectivity index (χ0n) is 19.0. The van der Waals surface area contributed by atoms with Gasteiger partial charge in [-0.05, 0) is 56.8 Å². The van der Waals surface area contributed by atoms with E-state index in [1.54, 1.807) is 7.05 Å². The quantitative estimate of drug-likeness (QED) is 0.259. The van der Waals surface area contributed by atoms with Gasteiger partial charge in [0.15, 0.2) is 5.96 Å². The van der Waals surface area contributed by atoms with Crippen LogP contribution in [0.5, 0.6) is 0 Å². The molecular formula is C23H40IN5O. The second-order valence-electron chi connectivity index (χ2n) is 7.93. The number of piperidine rings is 1. The van der Waals surface area contributed by atoms with Crippen LogP contribution in [0.4, 0.5) is 0 Å². The molecule has 0 aliphatic carbocycles. The fourth-order valence-corrected chi connectivity index (χ4v) is 3.77. The summed E-state index contributed by atoms with van der Waals surface area (Å²) in [7, 11) is 1.79. The topological polar surface area (TPSA) is 68.8 Å². The van der Waals surface area contributed by atoms with Crippen molar-refractivity contribution in [2.24, 2.45) is 4.99 Å². The number of hydrogen-bond donors (Lipinski definition) is 3. The number of hydrogen-bond acceptors (Lipinski definition) is 3. The Morgan fingerprint density at radius 3 is 2.77 bits per heavy atom. The number of amides is 1. The van der Waals surface area contributed by atoms with Crippen LogP contribution in [0, 0.1) is 0 Å². The van der Waals surface area contributed by atoms with Gasteiger partial charge in [0.05, 0.1) is 0 Å². The van der Waals surface area contributed by atoms with Crippen LogP contribution in [0.1, 0.15) is 68.8 Å². The highest BCUT2D eigenvalue weighted by atomic mass is 127. The number of halogens is 1. The molecule has 1 aliphatic rings. The lowest BCUT2D eigenvalue weighted by Gasteiger charge is -2.35. The lowest BCUT2D eigenvalue weighted by molar-refractivity contribution is 0.0939. The second-order valence-corrected chi connectivity index (χ2v) is 7.93. The second kappa shape index (κ2) is 14.6. The average Bonchev–Trinajstić information content (AvgIpc) is 2.76. The zero-order chi connectivity index (χ0) is 21.1. The zero-order valence-corrected chi connectivity index (χ0v) is 21.4. The van der Waals surface area contributed by atoms with Crippen molar-refractivity contribution in [1.29, 1.82) is 0 Å². The fourth-order valence-electron chi connectivity index (χ4n) is 3.77. The van der Waals surface area contributed by atoms with Gasteiger partial charge in [0, 0.05) is 44.3 Å². The number of aliphatic imine (C=N–C) groups is 1. The molecule has 2 rings (SSSR count). The molecule has 1 aromatic carbocycles. The summed E-state index contributed by atoms with van der Waals surface area (Å²) >= 11 is 0. The number of carbonyl (C=O) groups excluding carboxylic acids is 1. The van der Waals surface area contributed by atoms with Crippen molar-refractivity contribution < 1.29 is 4.79 Å². The van der Waals surface area contributed by atoms with Crippen LogP contribution in [0.25, 0.3) is 0 Å². The number of nitrogens with one attached hydrogen (secondary N) is 3. The summed E-state index contributed by atoms with van der Waals surface area (Å²) in [6.07, 6.45) is 6.15. The molecule has 170 valence electrons. The fraction of sp³-hybridized carbons (Fsp3) is 0.652. The van der Waals surface area contributed by atoms with Gasteiger partial charge in [-0.25, -0.2) is 0 Å². The van der Waals surface area contributed by atoms with Gasteiger partial charge in [0.1, 0.15) is 0 Å². The molecule has 0 saturated carbocycles. The molecule has 7 heteroatoms. The van der Waals surface area contributed by atoms with E-state index in [9.17, 15) is 4.79 Å². The molecule has 1 aromatic rings. The average molecular weight is 530 g/mol. The van der Waals surface area contributed by atoms with Gasteiger partial charge < -0.3 is 16.0 Å². The van der Waals surface area contributed by atoms with E-state index in [4.69, 9.17) is 0 Å². The normalized spacial score (nSPS) is 18.3. The van der Waals surface area contributed by atoms with E-state index in [-0.39, 0.29) is 35.9 Å². The molecule has 2 unspecified atom stereocenters. The third-order valence-electron chi connectivity index (χ3n) is 5.77. The number of guanidine groups is 1. The minimum Gasteiger partial charge on any atom is -0.355 e. The molecule has 1 amide bonds. The predicted molar refractivity (Wildman–Crippen MR) is 137 cm³/mol. The highest BCUT2D eigenvalue weighted by Gasteiger charge is 2.20. The van der Waals surface area contributed by atoms with E-state index in [1.165, 1.54) is 32.2 Å². The Balaban J connectivity index is 0.00000450. The summed E-state index contributed by atoms with van der Waals surface area (Å²) in [5, 5.41) is 9.79. The first-order chi connectivity index (χ1) is 14.1. The number of carbonyl (C=O) groups is 1. The van der Waals surface area contributed by atoms with Crippen LogP contribution in [-0.2, 0) is 6.54 Å². The van der Waals surface area contributed by atoms with Crippen LogP contribution >= 0.6 is 24.0 Å². The number of nitrogens with zero attached hydrogens (tertiary/aromatic N) is 2. The maximum Gasteiger partial charge on any atom is 0.251 e. The molecule has 1 aliphatic heterocycles. The first-order valence-electron chi connectivity index (χ1n) is 11.2. The Bertz CT molecular complexity index is 667. The lowest BCUT2D eigenvalue weighted by Crippen LogP contribution is -2.45. The van der Waals surface area contributed by atoms with Crippen LogP contribution in [0.2, 0.25) is 0 Å². The van der Waals surface area contributed by atoms with Crippen molar-refractivity contribution in [2.75, 3.05) is 26.7 Å². The van der Waals surface area contributed by atoms with E-state index in [1.807, 2.05) is 31.2 Å². The summed E-state index contributed by atoms with van der Waals surface area (Å²) in [5.74, 6) is 0.778. The molecule has 0 bridgehead atoms. The largest absolute Gasteiger partial charge is 0.355 e. The van der Waals surface area contributed by atoms with Gasteiger partial charge in [-0.2, -0.15) is 0 Å². The van der Waals surface area contributed by atoms with Gasteiger partial charge >= 0.3 is 0 Å². The smallest absolute Gasteiger partial charge is 0.251 e. The third-order valence-corrected chi connectivity index (χ3v) is 5.77. The van der Waals surface area contributed by atoms with Gasteiger partial charge in [-0.1, -0.05) is 32.4 Å². The highest BCUT2D eigenvalue weighted by Crippen LogP contribution is 2.18. The number of likely N-dealkylation sites (tertiary alicyclic amines) is 1. The summed E-state index contributed by atoms with van der Waals surface area (Å²) in [4.78, 5) is 19.3. The van der Waals surface area contributed by atoms with Crippen molar-refractivity contribution in [1.82, 2.24) is 20.9 Å². The van der Waals surface area contributed by atoms with E-state index in [0.29, 0.717) is 12.1 Å². The third kappa shape index (κ3) is 8.79. The Morgan fingerprint density at radius 2 is 2.07 bits per heavy atom. The minimum atomic E-state index is -0.0179. The van der Waals surface area contributed by atoms with Crippen LogP contribution in [0.15, 0.2) is 29.3 Å². The van der Waals surface area contributed by atoms with Gasteiger partial charge in [0.25, 0.3) is 5.91 Å². The molecule has 6 nitrogen and oxygen atoms in total. The number of rotatable bonds is 9. The number of benzene rings is 1. The molecule has 30 heavy (non-hydrogen) atoms. The molecule has 1 heterocycles. The molecular weight excluding hydrogens is 489 g/mol. The Labute approximate surface area is 199 Å². The summed E-state index contributed by atoms with van der Waals surface area (Å²) in [6.45, 7) is 10.1. The first-order valence-corrected chi connectivity index (χ1v) is 11.2. The van der Waals surface area contributed by atoms with Crippen molar-refractivity contribution in [2.45, 2.75) is 71.5 Å². The Morgan fingerprint density at radius 1 is 1.27 bits per heavy atom. The molecule has 0 aromatic heterocycles. The molecule has 1 fully saturated rings. The maximum atomic E-state index is 12.3. The van der Waals surface area contributed by atoms with Crippen LogP contribution < -0.4 is 16.0 Å². The van der Waals surface area contributed by atoms with Crippen molar-refractivity contribution in [3.8, 4) is 0 Å². The maximum absolute atomic E-state index is 12.3. The van der Waals surface area contributed by atoms with Crippen LogP contribution in [0.3, 0.4) is 0 Å². The van der Waals surface area contributed by atoms with E-state index < -0.39 is 0 Å². The summed E-state index contributed by atoms with van der Waals surface area (Å²) in [6, 6.07) is 8.67. The van der Waals surface area contributed by atoms with Gasteiger partial charge in [-0.15, -0.1) is 24.0 Å². The SMILES string of the molecule is CCC(C)NC(=O)c1cccc(CNC(=NC)NCCN2CCCCC2CC)c1.I. The predicted octanol–water partition coefficient (Wildman–Crippen LogP) is 3.76. The van der Waals surface area contributed by atoms with Crippen LogP contribution in [-0.4, -0.2) is 55.5 Å². The molecule has 3 N–H and O–H groups in total. The van der Waals surface area contributed by atoms with E-state index >= 15 is 0 Å². The van der Waals surface area contributed by atoms with Crippen molar-refractivity contribution >= 4 is 35.8 Å². The molecule has 2 atom stereocenters. The monoisotopic (exact) mass is 529 g/mol. The van der Waals surface area contributed by atoms with Gasteiger partial charge in [-0.3, -0.25) is 14.7 Å². The standard InChI is InChI=1S/C23H39N5O.HI/c1-5-18(3)27-22(29)20-11-9-10-19(16-20)17-26-23(24-4)25-13-15-28-14-8-7-12-21(28)6-2;/h9-11,16,18,21H,5-8,12-15,17H2,1-4H3,(H,27,29)(H2,24,25,26);1H. The van der Waals surface area contributed by atoms with Crippen molar-refractivity contribution in [3.63, 3.8) is 0 Å². The first kappa shape index (κ1) is 26.7. The highest BCUT2D eigenvalue weighted by molar-refractivity contribution is 14.0. The van der Waals surface area contributed by atoms with E-state index in [2.05, 4.69) is 39.7 Å². The van der Waals surface area contributed by atoms with Crippen molar-refractivity contribution in [3.05, 3.63) is 35.4 Å². The molecule has 0 radical (unpaired) electrons. The Kier molecular flexibility index (Phi) is 13.0. The minimum absolute atomic E-state index is 0. The lowest BCUT2D eigenvalue weighted by atomic mass is 10.0.